The highest BCUT2D eigenvalue weighted by atomic mass is 16.5. The van der Waals surface area contributed by atoms with E-state index in [4.69, 9.17) is 4.74 Å². The summed E-state index contributed by atoms with van der Waals surface area (Å²) in [6.45, 7) is 11.6. The highest BCUT2D eigenvalue weighted by Gasteiger charge is 2.37. The SMILES string of the molecule is Cc1cccc(-c2ccc3c(c2)C(C)(C)c2cc(-c4ccc5c(c4)C(C)(C)c4ccccc4-5)ccc2-3)c1Oc1cc2ccccc2c2ccccc12. The largest absolute Gasteiger partial charge is 0.456 e. The van der Waals surface area contributed by atoms with E-state index in [-0.39, 0.29) is 10.8 Å². The average Bonchev–Trinajstić information content (AvgIpc) is 3.54. The Kier molecular flexibility index (Phi) is 6.55. The van der Waals surface area contributed by atoms with E-state index >= 15 is 0 Å². The molecule has 0 radical (unpaired) electrons. The zero-order chi connectivity index (χ0) is 35.4. The summed E-state index contributed by atoms with van der Waals surface area (Å²) in [7, 11) is 0. The standard InChI is InChI=1S/C51H40O/c1-31-13-12-19-37(49(31)52-48-30-34-14-6-7-15-36(34)38-16-8-9-18-43(38)48)35-23-26-42-41-25-22-33(28-46(41)51(4,5)47(42)29-35)32-21-24-40-39-17-10-11-20-44(39)50(2,3)45(40)27-32/h6-30H,1-5H3. The zero-order valence-corrected chi connectivity index (χ0v) is 30.3. The maximum Gasteiger partial charge on any atom is 0.138 e. The van der Waals surface area contributed by atoms with Crippen molar-refractivity contribution in [2.24, 2.45) is 0 Å². The van der Waals surface area contributed by atoms with Crippen LogP contribution < -0.4 is 4.74 Å². The molecule has 10 rings (SSSR count). The molecule has 250 valence electrons. The summed E-state index contributed by atoms with van der Waals surface area (Å²) < 4.78 is 6.98. The number of hydrogen-bond donors (Lipinski definition) is 0. The van der Waals surface area contributed by atoms with Crippen molar-refractivity contribution in [3.63, 3.8) is 0 Å². The van der Waals surface area contributed by atoms with E-state index in [1.54, 1.807) is 0 Å². The number of hydrogen-bond acceptors (Lipinski definition) is 1. The molecular weight excluding hydrogens is 629 g/mol. The van der Waals surface area contributed by atoms with Crippen molar-refractivity contribution in [1.82, 2.24) is 0 Å². The second kappa shape index (κ2) is 11.0. The van der Waals surface area contributed by atoms with Crippen LogP contribution in [0.4, 0.5) is 0 Å². The Morgan fingerprint density at radius 1 is 0.385 bits per heavy atom. The molecule has 0 N–H and O–H groups in total. The van der Waals surface area contributed by atoms with E-state index in [1.807, 2.05) is 0 Å². The van der Waals surface area contributed by atoms with Gasteiger partial charge in [-0.2, -0.15) is 0 Å². The highest BCUT2D eigenvalue weighted by Crippen LogP contribution is 2.53. The molecule has 0 saturated heterocycles. The minimum absolute atomic E-state index is 0.0235. The topological polar surface area (TPSA) is 9.23 Å². The first kappa shape index (κ1) is 30.9. The number of para-hydroxylation sites is 1. The van der Waals surface area contributed by atoms with Crippen LogP contribution in [0.25, 0.3) is 66.1 Å². The van der Waals surface area contributed by atoms with E-state index in [0.717, 1.165) is 28.0 Å². The fourth-order valence-electron chi connectivity index (χ4n) is 9.20. The molecule has 0 bridgehead atoms. The van der Waals surface area contributed by atoms with Gasteiger partial charge in [-0.05, 0) is 114 Å². The first-order valence-electron chi connectivity index (χ1n) is 18.4. The predicted octanol–water partition coefficient (Wildman–Crippen LogP) is 14.0. The molecule has 0 heterocycles. The van der Waals surface area contributed by atoms with Crippen LogP contribution in [0, 0.1) is 6.92 Å². The van der Waals surface area contributed by atoms with Gasteiger partial charge in [0.25, 0.3) is 0 Å². The second-order valence-electron chi connectivity index (χ2n) is 15.8. The second-order valence-corrected chi connectivity index (χ2v) is 15.8. The summed E-state index contributed by atoms with van der Waals surface area (Å²) in [4.78, 5) is 0. The molecule has 0 atom stereocenters. The van der Waals surface area contributed by atoms with Gasteiger partial charge in [0, 0.05) is 21.8 Å². The molecule has 2 aliphatic carbocycles. The fraction of sp³-hybridized carbons (Fsp3) is 0.137. The van der Waals surface area contributed by atoms with Gasteiger partial charge in [-0.3, -0.25) is 0 Å². The molecule has 1 heteroatoms. The summed E-state index contributed by atoms with van der Waals surface area (Å²) in [6, 6.07) is 55.9. The first-order chi connectivity index (χ1) is 25.2. The van der Waals surface area contributed by atoms with Crippen molar-refractivity contribution in [2.45, 2.75) is 45.4 Å². The number of fused-ring (bicyclic) bond motifs is 9. The lowest BCUT2D eigenvalue weighted by Gasteiger charge is -2.24. The predicted molar refractivity (Wildman–Crippen MR) is 219 cm³/mol. The lowest BCUT2D eigenvalue weighted by molar-refractivity contribution is 0.487. The maximum atomic E-state index is 6.98. The third kappa shape index (κ3) is 4.42. The maximum absolute atomic E-state index is 6.98. The molecule has 0 saturated carbocycles. The van der Waals surface area contributed by atoms with Gasteiger partial charge in [-0.25, -0.2) is 0 Å². The van der Waals surface area contributed by atoms with E-state index in [0.29, 0.717) is 0 Å². The van der Waals surface area contributed by atoms with Gasteiger partial charge in [0.2, 0.25) is 0 Å². The molecular formula is C51H40O. The van der Waals surface area contributed by atoms with Crippen LogP contribution in [-0.4, -0.2) is 0 Å². The van der Waals surface area contributed by atoms with Gasteiger partial charge in [0.1, 0.15) is 11.5 Å². The fourth-order valence-corrected chi connectivity index (χ4v) is 9.20. The molecule has 0 aromatic heterocycles. The van der Waals surface area contributed by atoms with E-state index < -0.39 is 0 Å². The zero-order valence-electron chi connectivity index (χ0n) is 30.3. The van der Waals surface area contributed by atoms with Gasteiger partial charge in [-0.1, -0.05) is 155 Å². The quantitative estimate of drug-likeness (QED) is 0.170. The Morgan fingerprint density at radius 2 is 0.885 bits per heavy atom. The molecule has 0 fully saturated rings. The Bertz CT molecular complexity index is 2780. The molecule has 1 nitrogen and oxygen atoms in total. The van der Waals surface area contributed by atoms with E-state index in [2.05, 4.69) is 186 Å². The summed E-state index contributed by atoms with van der Waals surface area (Å²) in [5.74, 6) is 1.78. The van der Waals surface area contributed by atoms with Crippen LogP contribution in [0.15, 0.2) is 152 Å². The number of rotatable bonds is 4. The van der Waals surface area contributed by atoms with Crippen molar-refractivity contribution in [3.8, 4) is 56.0 Å². The highest BCUT2D eigenvalue weighted by molar-refractivity contribution is 6.10. The van der Waals surface area contributed by atoms with Gasteiger partial charge >= 0.3 is 0 Å². The van der Waals surface area contributed by atoms with E-state index in [9.17, 15) is 0 Å². The minimum Gasteiger partial charge on any atom is -0.456 e. The average molecular weight is 669 g/mol. The van der Waals surface area contributed by atoms with E-state index in [1.165, 1.54) is 77.4 Å². The normalized spacial score (nSPS) is 14.6. The molecule has 8 aromatic rings. The van der Waals surface area contributed by atoms with Crippen molar-refractivity contribution in [1.29, 1.82) is 0 Å². The minimum atomic E-state index is -0.164. The van der Waals surface area contributed by atoms with Crippen molar-refractivity contribution < 1.29 is 4.74 Å². The van der Waals surface area contributed by atoms with Crippen molar-refractivity contribution >= 4 is 21.5 Å². The van der Waals surface area contributed by atoms with Crippen molar-refractivity contribution in [3.05, 3.63) is 179 Å². The monoisotopic (exact) mass is 668 g/mol. The summed E-state index contributed by atoms with van der Waals surface area (Å²) in [5, 5.41) is 4.74. The number of benzene rings is 8. The van der Waals surface area contributed by atoms with Crippen LogP contribution in [-0.2, 0) is 10.8 Å². The van der Waals surface area contributed by atoms with Crippen LogP contribution >= 0.6 is 0 Å². The molecule has 0 aliphatic heterocycles. The van der Waals surface area contributed by atoms with Crippen LogP contribution in [0.3, 0.4) is 0 Å². The van der Waals surface area contributed by atoms with Gasteiger partial charge in [0.15, 0.2) is 0 Å². The first-order valence-corrected chi connectivity index (χ1v) is 18.4. The number of aryl methyl sites for hydroxylation is 1. The molecule has 0 amide bonds. The molecule has 0 spiro atoms. The lowest BCUT2D eigenvalue weighted by atomic mass is 9.80. The van der Waals surface area contributed by atoms with Gasteiger partial charge in [0.05, 0.1) is 0 Å². The Labute approximate surface area is 306 Å². The van der Waals surface area contributed by atoms with Crippen LogP contribution in [0.2, 0.25) is 0 Å². The Hall–Kier alpha value is -5.92. The van der Waals surface area contributed by atoms with Crippen LogP contribution in [0.1, 0.15) is 55.5 Å². The van der Waals surface area contributed by atoms with Gasteiger partial charge in [-0.15, -0.1) is 0 Å². The molecule has 0 unspecified atom stereocenters. The summed E-state index contributed by atoms with van der Waals surface area (Å²) in [5.41, 5.74) is 16.7. The summed E-state index contributed by atoms with van der Waals surface area (Å²) in [6.07, 6.45) is 0. The third-order valence-corrected chi connectivity index (χ3v) is 12.1. The third-order valence-electron chi connectivity index (χ3n) is 12.1. The smallest absolute Gasteiger partial charge is 0.138 e. The molecule has 52 heavy (non-hydrogen) atoms. The lowest BCUT2D eigenvalue weighted by Crippen LogP contribution is -2.15. The van der Waals surface area contributed by atoms with Gasteiger partial charge < -0.3 is 4.74 Å². The van der Waals surface area contributed by atoms with Crippen molar-refractivity contribution in [2.75, 3.05) is 0 Å². The molecule has 2 aliphatic rings. The Morgan fingerprint density at radius 3 is 1.58 bits per heavy atom. The Balaban J connectivity index is 1.04. The van der Waals surface area contributed by atoms with Crippen LogP contribution in [0.5, 0.6) is 11.5 Å². The number of ether oxygens (including phenoxy) is 1. The molecule has 8 aromatic carbocycles. The summed E-state index contributed by atoms with van der Waals surface area (Å²) >= 11 is 0.